The fourth-order valence-electron chi connectivity index (χ4n) is 4.36. The summed E-state index contributed by atoms with van der Waals surface area (Å²) in [4.78, 5) is 87.4. The molecule has 1 saturated heterocycles. The summed E-state index contributed by atoms with van der Waals surface area (Å²) in [5.41, 5.74) is 5.40. The Labute approximate surface area is 240 Å². The number of likely N-dealkylation sites (tertiary alicyclic amines) is 1. The smallest absolute Gasteiger partial charge is 0.322 e. The normalized spacial score (nSPS) is 16.9. The van der Waals surface area contributed by atoms with Crippen molar-refractivity contribution in [3.05, 3.63) is 0 Å². The second-order valence-corrected chi connectivity index (χ2v) is 10.9. The van der Waals surface area contributed by atoms with Crippen molar-refractivity contribution in [1.29, 1.82) is 0 Å². The van der Waals surface area contributed by atoms with E-state index in [2.05, 4.69) is 26.6 Å². The van der Waals surface area contributed by atoms with Crippen LogP contribution in [0.5, 0.6) is 0 Å². The van der Waals surface area contributed by atoms with Gasteiger partial charge in [0.25, 0.3) is 0 Å². The van der Waals surface area contributed by atoms with Crippen molar-refractivity contribution in [2.75, 3.05) is 26.2 Å². The monoisotopic (exact) mass is 583 g/mol. The van der Waals surface area contributed by atoms with E-state index >= 15 is 0 Å². The van der Waals surface area contributed by atoms with E-state index in [0.717, 1.165) is 0 Å². The Bertz CT molecular complexity index is 971. The molecule has 41 heavy (non-hydrogen) atoms. The van der Waals surface area contributed by atoms with Crippen LogP contribution >= 0.6 is 0 Å². The van der Waals surface area contributed by atoms with Crippen molar-refractivity contribution in [3.63, 3.8) is 0 Å². The Morgan fingerprint density at radius 2 is 1.37 bits per heavy atom. The third-order valence-corrected chi connectivity index (χ3v) is 6.34. The topological polar surface area (TPSA) is 229 Å². The van der Waals surface area contributed by atoms with Crippen LogP contribution < -0.4 is 32.3 Å². The summed E-state index contributed by atoms with van der Waals surface area (Å²) in [5, 5.41) is 21.2. The Morgan fingerprint density at radius 3 is 1.90 bits per heavy atom. The molecule has 0 saturated carbocycles. The third-order valence-electron chi connectivity index (χ3n) is 6.34. The quantitative estimate of drug-likeness (QED) is 0.105. The van der Waals surface area contributed by atoms with Gasteiger partial charge in [0.2, 0.25) is 35.4 Å². The number of carboxylic acid groups (broad SMARTS) is 1. The van der Waals surface area contributed by atoms with Crippen LogP contribution in [0.1, 0.15) is 60.3 Å². The van der Waals surface area contributed by atoms with E-state index in [4.69, 9.17) is 10.8 Å². The lowest BCUT2D eigenvalue weighted by molar-refractivity contribution is -0.138. The molecule has 8 N–H and O–H groups in total. The number of hydrogen-bond acceptors (Lipinski definition) is 8. The number of hydrogen-bond donors (Lipinski definition) is 7. The summed E-state index contributed by atoms with van der Waals surface area (Å²) in [5.74, 6) is -4.66. The number of nitrogens with two attached hydrogens (primary N) is 1. The van der Waals surface area contributed by atoms with E-state index in [1.807, 2.05) is 27.7 Å². The number of carboxylic acids is 1. The van der Waals surface area contributed by atoms with Gasteiger partial charge in [0, 0.05) is 6.54 Å². The molecule has 0 aromatic carbocycles. The minimum absolute atomic E-state index is 0.00426. The van der Waals surface area contributed by atoms with Gasteiger partial charge in [-0.15, -0.1) is 0 Å². The van der Waals surface area contributed by atoms with Crippen LogP contribution in [-0.4, -0.2) is 102 Å². The van der Waals surface area contributed by atoms with Crippen LogP contribution in [0.2, 0.25) is 0 Å². The average Bonchev–Trinajstić information content (AvgIpc) is 3.38. The SMILES string of the molecule is CC(C)C[C@H](NC(=O)CNC(=O)[C@H](C)NC(=O)[C@@H]1CCCN1C(=O)CN)C(=O)N[C@@H](CC(C)C)C(=O)NCC(=O)O. The molecule has 0 spiro atoms. The molecule has 1 rings (SSSR count). The molecule has 6 amide bonds. The van der Waals surface area contributed by atoms with E-state index in [1.54, 1.807) is 0 Å². The summed E-state index contributed by atoms with van der Waals surface area (Å²) < 4.78 is 0. The van der Waals surface area contributed by atoms with Gasteiger partial charge in [0.05, 0.1) is 13.1 Å². The van der Waals surface area contributed by atoms with E-state index < -0.39 is 72.8 Å². The van der Waals surface area contributed by atoms with Gasteiger partial charge in [-0.25, -0.2) is 0 Å². The Kier molecular flexibility index (Phi) is 14.8. The highest BCUT2D eigenvalue weighted by atomic mass is 16.4. The summed E-state index contributed by atoms with van der Waals surface area (Å²) in [6.45, 7) is 7.92. The average molecular weight is 584 g/mol. The lowest BCUT2D eigenvalue weighted by Crippen LogP contribution is -2.56. The highest BCUT2D eigenvalue weighted by Gasteiger charge is 2.34. The first-order valence-electron chi connectivity index (χ1n) is 13.8. The van der Waals surface area contributed by atoms with Crippen molar-refractivity contribution in [2.45, 2.75) is 84.5 Å². The summed E-state index contributed by atoms with van der Waals surface area (Å²) >= 11 is 0. The first-order chi connectivity index (χ1) is 19.2. The molecule has 4 atom stereocenters. The molecule has 15 heteroatoms. The molecule has 0 bridgehead atoms. The van der Waals surface area contributed by atoms with Crippen LogP contribution in [0.3, 0.4) is 0 Å². The summed E-state index contributed by atoms with van der Waals surface area (Å²) in [7, 11) is 0. The maximum Gasteiger partial charge on any atom is 0.322 e. The molecule has 0 aromatic rings. The van der Waals surface area contributed by atoms with Crippen molar-refractivity contribution in [3.8, 4) is 0 Å². The fraction of sp³-hybridized carbons (Fsp3) is 0.731. The highest BCUT2D eigenvalue weighted by molar-refractivity contribution is 5.95. The van der Waals surface area contributed by atoms with Crippen LogP contribution in [0.15, 0.2) is 0 Å². The van der Waals surface area contributed by atoms with Crippen molar-refractivity contribution in [1.82, 2.24) is 31.5 Å². The van der Waals surface area contributed by atoms with Crippen LogP contribution in [0, 0.1) is 11.8 Å². The van der Waals surface area contributed by atoms with E-state index in [9.17, 15) is 33.6 Å². The van der Waals surface area contributed by atoms with Crippen LogP contribution in [0.25, 0.3) is 0 Å². The second kappa shape index (κ2) is 17.1. The zero-order valence-electron chi connectivity index (χ0n) is 24.5. The molecule has 0 aliphatic carbocycles. The zero-order chi connectivity index (χ0) is 31.3. The first kappa shape index (κ1) is 35.3. The number of rotatable bonds is 16. The Balaban J connectivity index is 2.73. The fourth-order valence-corrected chi connectivity index (χ4v) is 4.36. The van der Waals surface area contributed by atoms with E-state index in [1.165, 1.54) is 11.8 Å². The van der Waals surface area contributed by atoms with Gasteiger partial charge in [-0.1, -0.05) is 27.7 Å². The number of nitrogens with one attached hydrogen (secondary N) is 5. The lowest BCUT2D eigenvalue weighted by Gasteiger charge is -2.25. The Hall–Kier alpha value is -3.75. The molecular weight excluding hydrogens is 538 g/mol. The van der Waals surface area contributed by atoms with Gasteiger partial charge in [-0.3, -0.25) is 33.6 Å². The number of amides is 6. The molecular formula is C26H45N7O8. The molecule has 1 aliphatic rings. The highest BCUT2D eigenvalue weighted by Crippen LogP contribution is 2.17. The Morgan fingerprint density at radius 1 is 0.805 bits per heavy atom. The van der Waals surface area contributed by atoms with Gasteiger partial charge in [-0.2, -0.15) is 0 Å². The van der Waals surface area contributed by atoms with Gasteiger partial charge in [-0.05, 0) is 44.4 Å². The zero-order valence-corrected chi connectivity index (χ0v) is 24.5. The molecule has 1 aliphatic heterocycles. The summed E-state index contributed by atoms with van der Waals surface area (Å²) in [6, 6.07) is -3.74. The van der Waals surface area contributed by atoms with Crippen molar-refractivity contribution < 1.29 is 38.7 Å². The van der Waals surface area contributed by atoms with Gasteiger partial charge in [0.15, 0.2) is 0 Å². The number of nitrogens with zero attached hydrogens (tertiary/aromatic N) is 1. The van der Waals surface area contributed by atoms with Gasteiger partial charge < -0.3 is 42.3 Å². The predicted octanol–water partition coefficient (Wildman–Crippen LogP) is -2.18. The third kappa shape index (κ3) is 12.5. The minimum Gasteiger partial charge on any atom is -0.480 e. The van der Waals surface area contributed by atoms with Gasteiger partial charge >= 0.3 is 5.97 Å². The lowest BCUT2D eigenvalue weighted by atomic mass is 10.00. The van der Waals surface area contributed by atoms with Crippen LogP contribution in [0.4, 0.5) is 0 Å². The number of carbonyl (C=O) groups excluding carboxylic acids is 6. The first-order valence-corrected chi connectivity index (χ1v) is 13.8. The maximum absolute atomic E-state index is 13.0. The second-order valence-electron chi connectivity index (χ2n) is 10.9. The number of aliphatic carboxylic acids is 1. The minimum atomic E-state index is -1.23. The molecule has 232 valence electrons. The molecule has 1 heterocycles. The van der Waals surface area contributed by atoms with E-state index in [0.29, 0.717) is 19.4 Å². The maximum atomic E-state index is 13.0. The van der Waals surface area contributed by atoms with Crippen molar-refractivity contribution in [2.24, 2.45) is 17.6 Å². The van der Waals surface area contributed by atoms with Crippen molar-refractivity contribution >= 4 is 41.4 Å². The van der Waals surface area contributed by atoms with Crippen LogP contribution in [-0.2, 0) is 33.6 Å². The van der Waals surface area contributed by atoms with E-state index in [-0.39, 0.29) is 37.1 Å². The standard InChI is InChI=1S/C26H45N7O8/c1-14(2)9-17(24(39)29-13-22(36)37)32-25(40)18(10-15(3)4)31-20(34)12-28-23(38)16(5)30-26(41)19-7-6-8-33(19)21(35)11-27/h14-19H,6-13,27H2,1-5H3,(H,28,38)(H,29,39)(H,30,41)(H,31,34)(H,32,40)(H,36,37)/t16-,17-,18-,19-/m0/s1. The molecule has 0 radical (unpaired) electrons. The largest absolute Gasteiger partial charge is 0.480 e. The van der Waals surface area contributed by atoms with Gasteiger partial charge in [0.1, 0.15) is 30.7 Å². The molecule has 1 fully saturated rings. The molecule has 0 aromatic heterocycles. The molecule has 15 nitrogen and oxygen atoms in total. The predicted molar refractivity (Wildman–Crippen MR) is 148 cm³/mol. The summed E-state index contributed by atoms with van der Waals surface area (Å²) in [6.07, 6.45) is 1.58. The molecule has 0 unspecified atom stereocenters. The number of carbonyl (C=O) groups is 7.